The standard InChI is InChI=1S/C23H22N2O7S/c1-30-18-11-14(3-10-21(26)27)12-20(22(18)31-2)33(28,29)25-17-8-6-15(7-9-17)19-13-24-23(32-19)16-4-5-16/h3,6-13,16,25H,4-5H2,1-2H3,(H,26,27). The Morgan fingerprint density at radius 3 is 2.52 bits per heavy atom. The largest absolute Gasteiger partial charge is 0.493 e. The van der Waals surface area contributed by atoms with E-state index >= 15 is 0 Å². The van der Waals surface area contributed by atoms with Crippen LogP contribution in [-0.2, 0) is 14.8 Å². The first-order valence-electron chi connectivity index (χ1n) is 10.1. The number of hydrogen-bond acceptors (Lipinski definition) is 7. The fourth-order valence-corrected chi connectivity index (χ4v) is 4.54. The van der Waals surface area contributed by atoms with Gasteiger partial charge in [0.15, 0.2) is 23.1 Å². The van der Waals surface area contributed by atoms with Gasteiger partial charge in [-0.15, -0.1) is 0 Å². The van der Waals surface area contributed by atoms with Crippen molar-refractivity contribution in [2.45, 2.75) is 23.7 Å². The minimum atomic E-state index is -4.10. The van der Waals surface area contributed by atoms with Crippen LogP contribution in [0.15, 0.2) is 58.0 Å². The summed E-state index contributed by atoms with van der Waals surface area (Å²) in [5.41, 5.74) is 1.42. The number of nitrogens with zero attached hydrogens (tertiary/aromatic N) is 1. The van der Waals surface area contributed by atoms with E-state index in [4.69, 9.17) is 19.0 Å². The molecular weight excluding hydrogens is 448 g/mol. The highest BCUT2D eigenvalue weighted by molar-refractivity contribution is 7.92. The van der Waals surface area contributed by atoms with Crippen LogP contribution >= 0.6 is 0 Å². The van der Waals surface area contributed by atoms with Gasteiger partial charge in [0.25, 0.3) is 10.0 Å². The maximum Gasteiger partial charge on any atom is 0.328 e. The number of carboxylic acid groups (broad SMARTS) is 1. The third-order valence-corrected chi connectivity index (χ3v) is 6.43. The summed E-state index contributed by atoms with van der Waals surface area (Å²) in [6, 6.07) is 9.50. The molecule has 33 heavy (non-hydrogen) atoms. The number of rotatable bonds is 9. The van der Waals surface area contributed by atoms with Gasteiger partial charge in [0.2, 0.25) is 0 Å². The quantitative estimate of drug-likeness (QED) is 0.447. The highest BCUT2D eigenvalue weighted by Crippen LogP contribution is 2.41. The second-order valence-electron chi connectivity index (χ2n) is 7.45. The van der Waals surface area contributed by atoms with Crippen LogP contribution in [0.25, 0.3) is 17.4 Å². The maximum atomic E-state index is 13.2. The summed E-state index contributed by atoms with van der Waals surface area (Å²) in [6.45, 7) is 0. The molecule has 0 radical (unpaired) electrons. The zero-order valence-electron chi connectivity index (χ0n) is 17.9. The molecule has 1 fully saturated rings. The molecule has 4 rings (SSSR count). The average Bonchev–Trinajstić information content (AvgIpc) is 3.53. The van der Waals surface area contributed by atoms with Gasteiger partial charge in [-0.1, -0.05) is 0 Å². The van der Waals surface area contributed by atoms with E-state index in [0.717, 1.165) is 30.4 Å². The van der Waals surface area contributed by atoms with Crippen LogP contribution in [-0.4, -0.2) is 38.7 Å². The second kappa shape index (κ2) is 8.99. The SMILES string of the molecule is COc1cc(C=CC(=O)O)cc(S(=O)(=O)Nc2ccc(-c3cnc(C4CC4)o3)cc2)c1OC. The lowest BCUT2D eigenvalue weighted by Crippen LogP contribution is -2.14. The summed E-state index contributed by atoms with van der Waals surface area (Å²) < 4.78 is 45.1. The number of ether oxygens (including phenoxy) is 2. The van der Waals surface area contributed by atoms with E-state index < -0.39 is 16.0 Å². The van der Waals surface area contributed by atoms with Crippen molar-refractivity contribution < 1.29 is 32.2 Å². The number of hydrogen-bond donors (Lipinski definition) is 2. The number of oxazole rings is 1. The number of aliphatic carboxylic acids is 1. The molecule has 1 aliphatic carbocycles. The van der Waals surface area contributed by atoms with Crippen molar-refractivity contribution in [3.05, 3.63) is 60.1 Å². The number of aromatic nitrogens is 1. The van der Waals surface area contributed by atoms with Gasteiger partial charge in [-0.2, -0.15) is 0 Å². The molecule has 0 bridgehead atoms. The molecule has 1 aromatic heterocycles. The minimum Gasteiger partial charge on any atom is -0.493 e. The third-order valence-electron chi connectivity index (χ3n) is 5.05. The van der Waals surface area contributed by atoms with Crippen molar-refractivity contribution in [2.75, 3.05) is 18.9 Å². The molecule has 0 amide bonds. The summed E-state index contributed by atoms with van der Waals surface area (Å²) in [7, 11) is -1.41. The van der Waals surface area contributed by atoms with E-state index in [9.17, 15) is 13.2 Å². The smallest absolute Gasteiger partial charge is 0.328 e. The van der Waals surface area contributed by atoms with Crippen molar-refractivity contribution in [2.24, 2.45) is 0 Å². The van der Waals surface area contributed by atoms with Crippen LogP contribution in [0.3, 0.4) is 0 Å². The number of sulfonamides is 1. The first-order valence-corrected chi connectivity index (χ1v) is 11.5. The molecule has 1 saturated carbocycles. The van der Waals surface area contributed by atoms with Crippen molar-refractivity contribution >= 4 is 27.8 Å². The lowest BCUT2D eigenvalue weighted by molar-refractivity contribution is -0.131. The van der Waals surface area contributed by atoms with Gasteiger partial charge in [-0.05, 0) is 60.9 Å². The summed E-state index contributed by atoms with van der Waals surface area (Å²) in [6.07, 6.45) is 6.01. The number of anilines is 1. The number of carbonyl (C=O) groups is 1. The summed E-state index contributed by atoms with van der Waals surface area (Å²) in [4.78, 5) is 15.0. The van der Waals surface area contributed by atoms with Crippen LogP contribution in [0, 0.1) is 0 Å². The van der Waals surface area contributed by atoms with Crippen molar-refractivity contribution in [3.63, 3.8) is 0 Å². The van der Waals surface area contributed by atoms with Gasteiger partial charge in [0.05, 0.1) is 20.4 Å². The Morgan fingerprint density at radius 1 is 1.18 bits per heavy atom. The molecule has 3 aromatic rings. The predicted molar refractivity (Wildman–Crippen MR) is 121 cm³/mol. The van der Waals surface area contributed by atoms with E-state index in [1.54, 1.807) is 30.5 Å². The number of methoxy groups -OCH3 is 2. The van der Waals surface area contributed by atoms with E-state index in [0.29, 0.717) is 22.9 Å². The summed E-state index contributed by atoms with van der Waals surface area (Å²) >= 11 is 0. The molecule has 1 aliphatic rings. The Morgan fingerprint density at radius 2 is 1.91 bits per heavy atom. The average molecular weight is 471 g/mol. The van der Waals surface area contributed by atoms with Gasteiger partial charge < -0.3 is 19.0 Å². The minimum absolute atomic E-state index is 0.00311. The highest BCUT2D eigenvalue weighted by atomic mass is 32.2. The molecule has 0 unspecified atom stereocenters. The van der Waals surface area contributed by atoms with Gasteiger partial charge >= 0.3 is 5.97 Å². The molecule has 2 N–H and O–H groups in total. The van der Waals surface area contributed by atoms with E-state index in [1.807, 2.05) is 0 Å². The lowest BCUT2D eigenvalue weighted by atomic mass is 10.2. The van der Waals surface area contributed by atoms with Crippen molar-refractivity contribution in [1.82, 2.24) is 4.98 Å². The number of benzene rings is 2. The molecule has 2 aromatic carbocycles. The molecule has 172 valence electrons. The molecular formula is C23H22N2O7S. The van der Waals surface area contributed by atoms with E-state index in [1.165, 1.54) is 32.4 Å². The molecule has 0 spiro atoms. The van der Waals surface area contributed by atoms with Gasteiger partial charge in [-0.3, -0.25) is 4.72 Å². The van der Waals surface area contributed by atoms with E-state index in [2.05, 4.69) is 9.71 Å². The van der Waals surface area contributed by atoms with Crippen LogP contribution in [0.4, 0.5) is 5.69 Å². The summed E-state index contributed by atoms with van der Waals surface area (Å²) in [5.74, 6) is 0.741. The first kappa shape index (κ1) is 22.4. The maximum absolute atomic E-state index is 13.2. The summed E-state index contributed by atoms with van der Waals surface area (Å²) in [5, 5.41) is 8.88. The van der Waals surface area contributed by atoms with Crippen LogP contribution in [0.5, 0.6) is 11.5 Å². The zero-order valence-corrected chi connectivity index (χ0v) is 18.8. The third kappa shape index (κ3) is 5.01. The Hall–Kier alpha value is -3.79. The Balaban J connectivity index is 1.62. The number of nitrogens with one attached hydrogen (secondary N) is 1. The number of carboxylic acids is 1. The van der Waals surface area contributed by atoms with Gasteiger partial charge in [0, 0.05) is 23.2 Å². The topological polar surface area (TPSA) is 128 Å². The first-order chi connectivity index (χ1) is 15.8. The van der Waals surface area contributed by atoms with Crippen LogP contribution < -0.4 is 14.2 Å². The van der Waals surface area contributed by atoms with E-state index in [-0.39, 0.29) is 16.4 Å². The van der Waals surface area contributed by atoms with Crippen molar-refractivity contribution in [3.8, 4) is 22.8 Å². The molecule has 0 atom stereocenters. The van der Waals surface area contributed by atoms with Crippen molar-refractivity contribution in [1.29, 1.82) is 0 Å². The Labute approximate surface area is 190 Å². The monoisotopic (exact) mass is 470 g/mol. The fraction of sp³-hybridized carbons (Fsp3) is 0.217. The predicted octanol–water partition coefficient (Wildman–Crippen LogP) is 4.13. The molecule has 10 heteroatoms. The Bertz CT molecular complexity index is 1310. The Kier molecular flexibility index (Phi) is 6.10. The van der Waals surface area contributed by atoms with Gasteiger partial charge in [-0.25, -0.2) is 18.2 Å². The molecule has 0 saturated heterocycles. The second-order valence-corrected chi connectivity index (χ2v) is 9.10. The van der Waals surface area contributed by atoms with Crippen LogP contribution in [0.1, 0.15) is 30.2 Å². The zero-order chi connectivity index (χ0) is 23.6. The molecule has 1 heterocycles. The molecule has 9 nitrogen and oxygen atoms in total. The highest BCUT2D eigenvalue weighted by Gasteiger charge is 2.28. The lowest BCUT2D eigenvalue weighted by Gasteiger charge is -2.15. The van der Waals surface area contributed by atoms with Crippen LogP contribution in [0.2, 0.25) is 0 Å². The normalized spacial score (nSPS) is 13.8. The fourth-order valence-electron chi connectivity index (χ4n) is 3.27. The molecule has 0 aliphatic heterocycles. The van der Waals surface area contributed by atoms with Gasteiger partial charge in [0.1, 0.15) is 4.90 Å².